The van der Waals surface area contributed by atoms with E-state index in [0.717, 1.165) is 5.06 Å². The summed E-state index contributed by atoms with van der Waals surface area (Å²) in [7, 11) is 2.73. The minimum Gasteiger partial charge on any atom is -0.465 e. The van der Waals surface area contributed by atoms with Crippen molar-refractivity contribution in [3.05, 3.63) is 23.0 Å². The highest BCUT2D eigenvalue weighted by Gasteiger charge is 2.17. The maximum Gasteiger partial charge on any atom is 0.409 e. The predicted octanol–water partition coefficient (Wildman–Crippen LogP) is 1.46. The fourth-order valence-corrected chi connectivity index (χ4v) is 1.27. The van der Waals surface area contributed by atoms with Crippen LogP contribution < -0.4 is 5.32 Å². The highest BCUT2D eigenvalue weighted by Crippen LogP contribution is 2.19. The largest absolute Gasteiger partial charge is 0.465 e. The van der Waals surface area contributed by atoms with Crippen LogP contribution in [0.15, 0.2) is 12.3 Å². The van der Waals surface area contributed by atoms with Crippen molar-refractivity contribution in [2.75, 3.05) is 19.5 Å². The Morgan fingerprint density at radius 2 is 2.24 bits per heavy atom. The van der Waals surface area contributed by atoms with Crippen LogP contribution in [0.4, 0.5) is 10.5 Å². The summed E-state index contributed by atoms with van der Waals surface area (Å²) in [6, 6.07) is 1.29. The van der Waals surface area contributed by atoms with Gasteiger partial charge in [-0.2, -0.15) is 0 Å². The Morgan fingerprint density at radius 1 is 1.59 bits per heavy atom. The molecule has 2 N–H and O–H groups in total. The summed E-state index contributed by atoms with van der Waals surface area (Å²) in [5.74, 6) is -0.528. The van der Waals surface area contributed by atoms with Crippen molar-refractivity contribution in [1.82, 2.24) is 10.0 Å². The van der Waals surface area contributed by atoms with Gasteiger partial charge in [0.1, 0.15) is 5.69 Å². The van der Waals surface area contributed by atoms with E-state index in [-0.39, 0.29) is 16.4 Å². The zero-order valence-electron chi connectivity index (χ0n) is 9.10. The van der Waals surface area contributed by atoms with Crippen LogP contribution >= 0.6 is 11.6 Å². The van der Waals surface area contributed by atoms with Crippen LogP contribution in [0.3, 0.4) is 0 Å². The van der Waals surface area contributed by atoms with Crippen molar-refractivity contribution in [3.63, 3.8) is 0 Å². The molecule has 1 heterocycles. The minimum absolute atomic E-state index is 0.0213. The predicted molar refractivity (Wildman–Crippen MR) is 60.0 cm³/mol. The molecule has 0 unspecified atom stereocenters. The third-order valence-electron chi connectivity index (χ3n) is 1.85. The number of hydrogen-bond donors (Lipinski definition) is 2. The second kappa shape index (κ2) is 5.46. The Labute approximate surface area is 102 Å². The second-order valence-electron chi connectivity index (χ2n) is 2.97. The molecule has 0 saturated carbocycles. The van der Waals surface area contributed by atoms with Crippen LogP contribution in [-0.4, -0.2) is 41.3 Å². The minimum atomic E-state index is -1.24. The molecule has 0 aliphatic heterocycles. The van der Waals surface area contributed by atoms with Crippen molar-refractivity contribution in [3.8, 4) is 0 Å². The van der Waals surface area contributed by atoms with E-state index < -0.39 is 12.0 Å². The molecule has 2 amide bonds. The summed E-state index contributed by atoms with van der Waals surface area (Å²) in [6.45, 7) is 0. The standard InChI is InChI=1S/C9H10ClN3O4/c1-13(17-2)8(14)7-6(10)3-5(4-11-7)12-9(15)16/h3-4,12H,1-2H3,(H,15,16). The van der Waals surface area contributed by atoms with Gasteiger partial charge in [0.25, 0.3) is 5.91 Å². The summed E-state index contributed by atoms with van der Waals surface area (Å²) >= 11 is 5.81. The number of nitrogens with one attached hydrogen (secondary N) is 1. The Bertz CT molecular complexity index is 452. The van der Waals surface area contributed by atoms with Gasteiger partial charge in [-0.1, -0.05) is 11.6 Å². The van der Waals surface area contributed by atoms with E-state index in [1.165, 1.54) is 26.4 Å². The number of carbonyl (C=O) groups excluding carboxylic acids is 1. The summed E-state index contributed by atoms with van der Waals surface area (Å²) in [5, 5.41) is 11.5. The Morgan fingerprint density at radius 3 is 2.71 bits per heavy atom. The van der Waals surface area contributed by atoms with Crippen LogP contribution in [0.2, 0.25) is 5.02 Å². The molecular weight excluding hydrogens is 250 g/mol. The maximum atomic E-state index is 11.6. The van der Waals surface area contributed by atoms with Crippen molar-refractivity contribution < 1.29 is 19.5 Å². The number of rotatable bonds is 3. The first-order valence-corrected chi connectivity index (χ1v) is 4.81. The van der Waals surface area contributed by atoms with Gasteiger partial charge in [0.2, 0.25) is 0 Å². The van der Waals surface area contributed by atoms with E-state index in [2.05, 4.69) is 10.3 Å². The average Bonchev–Trinajstić information content (AvgIpc) is 2.26. The van der Waals surface area contributed by atoms with Gasteiger partial charge in [0.15, 0.2) is 0 Å². The van der Waals surface area contributed by atoms with Crippen LogP contribution in [0.1, 0.15) is 10.5 Å². The van der Waals surface area contributed by atoms with Gasteiger partial charge in [-0.15, -0.1) is 0 Å². The van der Waals surface area contributed by atoms with Crippen molar-refractivity contribution in [2.24, 2.45) is 0 Å². The van der Waals surface area contributed by atoms with Crippen molar-refractivity contribution >= 4 is 29.3 Å². The number of halogens is 1. The third-order valence-corrected chi connectivity index (χ3v) is 2.14. The van der Waals surface area contributed by atoms with Gasteiger partial charge in [0.05, 0.1) is 24.0 Å². The highest BCUT2D eigenvalue weighted by atomic mass is 35.5. The number of pyridine rings is 1. The molecule has 1 aromatic rings. The molecular formula is C9H10ClN3O4. The Balaban J connectivity index is 2.97. The van der Waals surface area contributed by atoms with E-state index in [1.54, 1.807) is 0 Å². The molecule has 0 atom stereocenters. The number of carbonyl (C=O) groups is 2. The summed E-state index contributed by atoms with van der Waals surface area (Å²) in [5.41, 5.74) is 0.158. The number of hydroxylamine groups is 2. The van der Waals surface area contributed by atoms with Gasteiger partial charge in [-0.3, -0.25) is 14.9 Å². The van der Waals surface area contributed by atoms with E-state index >= 15 is 0 Å². The zero-order chi connectivity index (χ0) is 13.0. The molecule has 7 nitrogen and oxygen atoms in total. The van der Waals surface area contributed by atoms with Gasteiger partial charge in [0, 0.05) is 7.05 Å². The lowest BCUT2D eigenvalue weighted by Gasteiger charge is -2.13. The molecule has 1 aromatic heterocycles. The van der Waals surface area contributed by atoms with Crippen LogP contribution in [0.5, 0.6) is 0 Å². The number of anilines is 1. The first-order valence-electron chi connectivity index (χ1n) is 4.43. The van der Waals surface area contributed by atoms with Crippen molar-refractivity contribution in [1.29, 1.82) is 0 Å². The molecule has 0 saturated heterocycles. The lowest BCUT2D eigenvalue weighted by Crippen LogP contribution is -2.26. The summed E-state index contributed by atoms with van der Waals surface area (Å²) in [6.07, 6.45) is -0.0487. The van der Waals surface area contributed by atoms with Crippen LogP contribution in [0.25, 0.3) is 0 Å². The molecule has 0 spiro atoms. The Kier molecular flexibility index (Phi) is 4.24. The molecule has 1 rings (SSSR count). The molecule has 0 bridgehead atoms. The molecule has 0 fully saturated rings. The van der Waals surface area contributed by atoms with E-state index in [1.807, 2.05) is 0 Å². The van der Waals surface area contributed by atoms with Gasteiger partial charge in [-0.05, 0) is 6.07 Å². The normalized spacial score (nSPS) is 9.82. The third kappa shape index (κ3) is 3.30. The van der Waals surface area contributed by atoms with Gasteiger partial charge >= 0.3 is 6.09 Å². The molecule has 0 radical (unpaired) electrons. The lowest BCUT2D eigenvalue weighted by molar-refractivity contribution is -0.0760. The lowest BCUT2D eigenvalue weighted by atomic mass is 10.3. The van der Waals surface area contributed by atoms with Crippen LogP contribution in [-0.2, 0) is 4.84 Å². The number of aromatic nitrogens is 1. The SMILES string of the molecule is CON(C)C(=O)c1ncc(NC(=O)O)cc1Cl. The molecule has 17 heavy (non-hydrogen) atoms. The monoisotopic (exact) mass is 259 g/mol. The number of nitrogens with zero attached hydrogens (tertiary/aromatic N) is 2. The van der Waals surface area contributed by atoms with Gasteiger partial charge in [-0.25, -0.2) is 14.8 Å². The summed E-state index contributed by atoms with van der Waals surface area (Å²) < 4.78 is 0. The number of amides is 2. The topological polar surface area (TPSA) is 91.8 Å². The van der Waals surface area contributed by atoms with E-state index in [4.69, 9.17) is 21.5 Å². The van der Waals surface area contributed by atoms with Gasteiger partial charge < -0.3 is 5.11 Å². The quantitative estimate of drug-likeness (QED) is 0.802. The molecule has 0 aliphatic rings. The summed E-state index contributed by atoms with van der Waals surface area (Å²) in [4.78, 5) is 30.5. The zero-order valence-corrected chi connectivity index (χ0v) is 9.85. The van der Waals surface area contributed by atoms with Crippen LogP contribution in [0, 0.1) is 0 Å². The van der Waals surface area contributed by atoms with Crippen molar-refractivity contribution in [2.45, 2.75) is 0 Å². The second-order valence-corrected chi connectivity index (χ2v) is 3.38. The highest BCUT2D eigenvalue weighted by molar-refractivity contribution is 6.33. The number of hydrogen-bond acceptors (Lipinski definition) is 4. The molecule has 8 heteroatoms. The van der Waals surface area contributed by atoms with E-state index in [0.29, 0.717) is 0 Å². The first-order chi connectivity index (χ1) is 7.95. The molecule has 92 valence electrons. The Hall–Kier alpha value is -1.86. The smallest absolute Gasteiger partial charge is 0.409 e. The fourth-order valence-electron chi connectivity index (χ4n) is 1.02. The maximum absolute atomic E-state index is 11.6. The molecule has 0 aliphatic carbocycles. The number of carboxylic acid groups (broad SMARTS) is 1. The van der Waals surface area contributed by atoms with E-state index in [9.17, 15) is 9.59 Å². The first kappa shape index (κ1) is 13.2. The average molecular weight is 260 g/mol. The molecule has 0 aromatic carbocycles. The fraction of sp³-hybridized carbons (Fsp3) is 0.222.